The summed E-state index contributed by atoms with van der Waals surface area (Å²) < 4.78 is 5.74. The second kappa shape index (κ2) is 4.81. The van der Waals surface area contributed by atoms with Crippen LogP contribution in [-0.4, -0.2) is 49.8 Å². The molecule has 0 bridgehead atoms. The van der Waals surface area contributed by atoms with Gasteiger partial charge in [-0.25, -0.2) is 0 Å². The lowest BCUT2D eigenvalue weighted by molar-refractivity contribution is -0.0816. The Morgan fingerprint density at radius 3 is 2.53 bits per heavy atom. The van der Waals surface area contributed by atoms with Gasteiger partial charge in [-0.05, 0) is 47.2 Å². The van der Waals surface area contributed by atoms with Gasteiger partial charge in [0.1, 0.15) is 0 Å². The van der Waals surface area contributed by atoms with Crippen molar-refractivity contribution in [3.8, 4) is 0 Å². The average Bonchev–Trinajstić information content (AvgIpc) is 2.17. The van der Waals surface area contributed by atoms with Crippen LogP contribution in [0.3, 0.4) is 0 Å². The third-order valence-corrected chi connectivity index (χ3v) is 3.42. The van der Waals surface area contributed by atoms with E-state index in [2.05, 4.69) is 31.0 Å². The van der Waals surface area contributed by atoms with Gasteiger partial charge in [-0.1, -0.05) is 0 Å². The van der Waals surface area contributed by atoms with E-state index in [9.17, 15) is 0 Å². The Balaban J connectivity index is 2.68. The average molecular weight is 214 g/mol. The second-order valence-corrected chi connectivity index (χ2v) is 5.61. The number of likely N-dealkylation sites (tertiary alicyclic amines) is 1. The minimum atomic E-state index is 0.0142. The first-order chi connectivity index (χ1) is 6.93. The van der Waals surface area contributed by atoms with E-state index in [1.807, 2.05) is 14.2 Å². The number of likely N-dealkylation sites (N-methyl/N-ethyl adjacent to an activating group) is 1. The number of rotatable bonds is 3. The zero-order valence-corrected chi connectivity index (χ0v) is 10.9. The zero-order valence-electron chi connectivity index (χ0n) is 10.9. The van der Waals surface area contributed by atoms with Gasteiger partial charge in [-0.15, -0.1) is 0 Å². The molecule has 1 saturated heterocycles. The third kappa shape index (κ3) is 3.16. The Hall–Kier alpha value is -0.120. The molecule has 0 saturated carbocycles. The van der Waals surface area contributed by atoms with Gasteiger partial charge in [-0.2, -0.15) is 0 Å². The molecule has 1 unspecified atom stereocenters. The van der Waals surface area contributed by atoms with Crippen LogP contribution in [0.15, 0.2) is 0 Å². The van der Waals surface area contributed by atoms with Gasteiger partial charge >= 0.3 is 0 Å². The van der Waals surface area contributed by atoms with Crippen molar-refractivity contribution in [2.45, 2.75) is 44.8 Å². The molecule has 1 heterocycles. The predicted octanol–water partition coefficient (Wildman–Crippen LogP) is 1.49. The van der Waals surface area contributed by atoms with Gasteiger partial charge < -0.3 is 10.1 Å². The van der Waals surface area contributed by atoms with Crippen molar-refractivity contribution < 1.29 is 4.74 Å². The second-order valence-electron chi connectivity index (χ2n) is 5.61. The Kier molecular flexibility index (Phi) is 4.15. The van der Waals surface area contributed by atoms with E-state index in [0.717, 1.165) is 19.5 Å². The van der Waals surface area contributed by atoms with E-state index >= 15 is 0 Å². The number of nitrogens with zero attached hydrogens (tertiary/aromatic N) is 1. The van der Waals surface area contributed by atoms with Gasteiger partial charge in [0, 0.05) is 25.7 Å². The number of hydrogen-bond donors (Lipinski definition) is 1. The fraction of sp³-hybridized carbons (Fsp3) is 1.00. The molecule has 90 valence electrons. The molecule has 1 rings (SSSR count). The van der Waals surface area contributed by atoms with E-state index in [4.69, 9.17) is 4.74 Å². The molecule has 1 atom stereocenters. The van der Waals surface area contributed by atoms with Gasteiger partial charge in [0.25, 0.3) is 0 Å². The largest absolute Gasteiger partial charge is 0.376 e. The smallest absolute Gasteiger partial charge is 0.0929 e. The number of ether oxygens (including phenoxy) is 1. The summed E-state index contributed by atoms with van der Waals surface area (Å²) in [6.45, 7) is 10.00. The summed E-state index contributed by atoms with van der Waals surface area (Å²) in [6, 6.07) is 0. The van der Waals surface area contributed by atoms with Gasteiger partial charge in [0.15, 0.2) is 0 Å². The molecule has 0 spiro atoms. The zero-order chi connectivity index (χ0) is 11.5. The predicted molar refractivity (Wildman–Crippen MR) is 64.2 cm³/mol. The number of methoxy groups -OCH3 is 1. The van der Waals surface area contributed by atoms with Gasteiger partial charge in [0.2, 0.25) is 0 Å². The molecule has 0 amide bonds. The maximum atomic E-state index is 5.74. The highest BCUT2D eigenvalue weighted by molar-refractivity contribution is 4.94. The van der Waals surface area contributed by atoms with Crippen molar-refractivity contribution in [2.75, 3.05) is 33.8 Å². The third-order valence-electron chi connectivity index (χ3n) is 3.42. The van der Waals surface area contributed by atoms with Gasteiger partial charge in [-0.3, -0.25) is 4.90 Å². The molecule has 0 radical (unpaired) electrons. The summed E-state index contributed by atoms with van der Waals surface area (Å²) in [7, 11) is 3.83. The summed E-state index contributed by atoms with van der Waals surface area (Å²) in [6.07, 6.45) is 2.39. The highest BCUT2D eigenvalue weighted by Gasteiger charge is 2.38. The lowest BCUT2D eigenvalue weighted by atomic mass is 9.89. The first kappa shape index (κ1) is 12.9. The Morgan fingerprint density at radius 2 is 2.07 bits per heavy atom. The number of piperidine rings is 1. The van der Waals surface area contributed by atoms with Crippen molar-refractivity contribution >= 4 is 0 Å². The maximum absolute atomic E-state index is 5.74. The first-order valence-electron chi connectivity index (χ1n) is 5.88. The summed E-state index contributed by atoms with van der Waals surface area (Å²) >= 11 is 0. The molecule has 3 heteroatoms. The molecule has 1 fully saturated rings. The molecular formula is C12H26N2O. The lowest BCUT2D eigenvalue weighted by Gasteiger charge is -2.47. The molecule has 0 aromatic carbocycles. The van der Waals surface area contributed by atoms with Crippen molar-refractivity contribution in [1.82, 2.24) is 10.2 Å². The van der Waals surface area contributed by atoms with Crippen LogP contribution in [0.4, 0.5) is 0 Å². The summed E-state index contributed by atoms with van der Waals surface area (Å²) in [5.74, 6) is 0. The van der Waals surface area contributed by atoms with Crippen LogP contribution in [0.5, 0.6) is 0 Å². The molecule has 0 aliphatic carbocycles. The molecule has 1 aliphatic heterocycles. The fourth-order valence-electron chi connectivity index (χ4n) is 2.38. The van der Waals surface area contributed by atoms with Crippen LogP contribution < -0.4 is 5.32 Å². The fourth-order valence-corrected chi connectivity index (χ4v) is 2.38. The molecule has 15 heavy (non-hydrogen) atoms. The van der Waals surface area contributed by atoms with Crippen LogP contribution >= 0.6 is 0 Å². The van der Waals surface area contributed by atoms with Crippen molar-refractivity contribution in [3.63, 3.8) is 0 Å². The molecule has 3 nitrogen and oxygen atoms in total. The van der Waals surface area contributed by atoms with E-state index < -0.39 is 0 Å². The quantitative estimate of drug-likeness (QED) is 0.770. The number of hydrogen-bond acceptors (Lipinski definition) is 3. The minimum absolute atomic E-state index is 0.0142. The standard InChI is InChI=1S/C12H26N2O/c1-11(2,3)14-8-6-7-12(10-14,15-5)9-13-4/h13H,6-10H2,1-5H3. The van der Waals surface area contributed by atoms with E-state index in [1.165, 1.54) is 13.0 Å². The van der Waals surface area contributed by atoms with Crippen LogP contribution in [0.1, 0.15) is 33.6 Å². The Bertz CT molecular complexity index is 196. The molecular weight excluding hydrogens is 188 g/mol. The molecule has 1 aliphatic rings. The van der Waals surface area contributed by atoms with E-state index in [-0.39, 0.29) is 11.1 Å². The normalized spacial score (nSPS) is 29.4. The van der Waals surface area contributed by atoms with Crippen molar-refractivity contribution in [3.05, 3.63) is 0 Å². The van der Waals surface area contributed by atoms with Crippen LogP contribution in [0, 0.1) is 0 Å². The molecule has 0 aromatic heterocycles. The molecule has 0 aromatic rings. The minimum Gasteiger partial charge on any atom is -0.376 e. The van der Waals surface area contributed by atoms with Crippen LogP contribution in [-0.2, 0) is 4.74 Å². The molecule has 1 N–H and O–H groups in total. The SMILES string of the molecule is CNCC1(OC)CCCN(C(C)(C)C)C1. The van der Waals surface area contributed by atoms with E-state index in [0.29, 0.717) is 0 Å². The lowest BCUT2D eigenvalue weighted by Crippen LogP contribution is -2.58. The monoisotopic (exact) mass is 214 g/mol. The van der Waals surface area contributed by atoms with Crippen molar-refractivity contribution in [2.24, 2.45) is 0 Å². The van der Waals surface area contributed by atoms with Crippen LogP contribution in [0.2, 0.25) is 0 Å². The Labute approximate surface area is 94.2 Å². The topological polar surface area (TPSA) is 24.5 Å². The number of nitrogens with one attached hydrogen (secondary N) is 1. The van der Waals surface area contributed by atoms with Crippen LogP contribution in [0.25, 0.3) is 0 Å². The Morgan fingerprint density at radius 1 is 1.40 bits per heavy atom. The summed E-state index contributed by atoms with van der Waals surface area (Å²) in [5, 5.41) is 3.25. The highest BCUT2D eigenvalue weighted by Crippen LogP contribution is 2.28. The van der Waals surface area contributed by atoms with Gasteiger partial charge in [0.05, 0.1) is 5.60 Å². The highest BCUT2D eigenvalue weighted by atomic mass is 16.5. The maximum Gasteiger partial charge on any atom is 0.0929 e. The van der Waals surface area contributed by atoms with Crippen molar-refractivity contribution in [1.29, 1.82) is 0 Å². The summed E-state index contributed by atoms with van der Waals surface area (Å²) in [5.41, 5.74) is 0.262. The van der Waals surface area contributed by atoms with E-state index in [1.54, 1.807) is 0 Å². The summed E-state index contributed by atoms with van der Waals surface area (Å²) in [4.78, 5) is 2.53. The first-order valence-corrected chi connectivity index (χ1v) is 5.88.